The number of thiophene rings is 1. The van der Waals surface area contributed by atoms with Crippen LogP contribution in [0.5, 0.6) is 0 Å². The fraction of sp³-hybridized carbons (Fsp3) is 0.240. The molecule has 4 aromatic heterocycles. The summed E-state index contributed by atoms with van der Waals surface area (Å²) in [7, 11) is 2.21. The molecule has 0 amide bonds. The topological polar surface area (TPSA) is 20.9 Å². The first-order chi connectivity index (χ1) is 26.0. The van der Waals surface area contributed by atoms with Gasteiger partial charge in [-0.3, -0.25) is 0 Å². The van der Waals surface area contributed by atoms with E-state index >= 15 is 0 Å². The fourth-order valence-electron chi connectivity index (χ4n) is 9.23. The summed E-state index contributed by atoms with van der Waals surface area (Å²) in [6, 6.07) is 34.1. The maximum atomic E-state index is 7.01. The van der Waals surface area contributed by atoms with E-state index < -0.39 is 0 Å². The maximum absolute atomic E-state index is 7.01. The molecule has 1 aliphatic heterocycles. The number of benzene rings is 4. The lowest BCUT2D eigenvalue weighted by molar-refractivity contribution is -0.707. The third-order valence-corrected chi connectivity index (χ3v) is 12.7. The number of pyridine rings is 2. The van der Waals surface area contributed by atoms with E-state index in [1.165, 1.54) is 87.9 Å². The van der Waals surface area contributed by atoms with Gasteiger partial charge in [0.05, 0.1) is 11.5 Å². The molecule has 0 fully saturated rings. The summed E-state index contributed by atoms with van der Waals surface area (Å²) in [5, 5.41) is 5.74. The highest BCUT2D eigenvalue weighted by Crippen LogP contribution is 2.45. The van der Waals surface area contributed by atoms with E-state index in [4.69, 9.17) is 4.42 Å². The van der Waals surface area contributed by atoms with Gasteiger partial charge in [0, 0.05) is 44.3 Å². The highest BCUT2D eigenvalue weighted by atomic mass is 32.1. The number of furan rings is 1. The van der Waals surface area contributed by atoms with Gasteiger partial charge >= 0.3 is 0 Å². The Morgan fingerprint density at radius 2 is 1.59 bits per heavy atom. The zero-order chi connectivity index (χ0) is 37.5. The maximum Gasteiger partial charge on any atom is 0.216 e. The highest BCUT2D eigenvalue weighted by molar-refractivity contribution is 7.17. The van der Waals surface area contributed by atoms with Crippen molar-refractivity contribution in [3.63, 3.8) is 0 Å². The third-order valence-electron chi connectivity index (χ3n) is 11.9. The van der Waals surface area contributed by atoms with Gasteiger partial charge in [-0.15, -0.1) is 11.3 Å². The van der Waals surface area contributed by atoms with Crippen molar-refractivity contribution < 1.29 is 13.6 Å². The lowest BCUT2D eigenvalue weighted by Crippen LogP contribution is -2.46. The van der Waals surface area contributed by atoms with Gasteiger partial charge in [-0.2, -0.15) is 4.57 Å². The molecule has 0 N–H and O–H groups in total. The summed E-state index contributed by atoms with van der Waals surface area (Å²) in [6.07, 6.45) is 8.69. The number of aryl methyl sites for hydroxylation is 5. The van der Waals surface area contributed by atoms with E-state index in [0.717, 1.165) is 24.0 Å². The normalized spacial score (nSPS) is 15.5. The van der Waals surface area contributed by atoms with Crippen LogP contribution in [0.4, 0.5) is 0 Å². The minimum absolute atomic E-state index is 0.0922. The largest absolute Gasteiger partial charge is 0.455 e. The molecule has 0 spiro atoms. The van der Waals surface area contributed by atoms with Crippen LogP contribution in [0.3, 0.4) is 0 Å². The molecule has 2 atom stereocenters. The van der Waals surface area contributed by atoms with Crippen LogP contribution in [0.2, 0.25) is 0 Å². The molecule has 4 aromatic carbocycles. The molecule has 0 radical (unpaired) electrons. The summed E-state index contributed by atoms with van der Waals surface area (Å²) >= 11 is 1.79. The molecular weight excluding hydrogens is 677 g/mol. The second-order valence-corrected chi connectivity index (χ2v) is 17.4. The minimum Gasteiger partial charge on any atom is -0.455 e. The van der Waals surface area contributed by atoms with Crippen molar-refractivity contribution in [2.24, 2.45) is 7.05 Å². The smallest absolute Gasteiger partial charge is 0.216 e. The Bertz CT molecular complexity index is 2770. The van der Waals surface area contributed by atoms with Crippen molar-refractivity contribution >= 4 is 43.4 Å². The summed E-state index contributed by atoms with van der Waals surface area (Å²) in [4.78, 5) is 0. The van der Waals surface area contributed by atoms with Crippen LogP contribution in [0.1, 0.15) is 72.5 Å². The van der Waals surface area contributed by atoms with Crippen LogP contribution in [-0.2, 0) is 18.9 Å². The van der Waals surface area contributed by atoms with E-state index in [2.05, 4.69) is 179 Å². The molecule has 5 heterocycles. The number of hydrogen-bond donors (Lipinski definition) is 0. The van der Waals surface area contributed by atoms with E-state index in [1.54, 1.807) is 11.3 Å². The lowest BCUT2D eigenvalue weighted by atomic mass is 9.78. The molecule has 1 aliphatic rings. The first kappa shape index (κ1) is 34.4. The summed E-state index contributed by atoms with van der Waals surface area (Å²) in [6.45, 7) is 18.1. The number of allylic oxidation sites excluding steroid dienone is 1. The molecule has 2 unspecified atom stereocenters. The van der Waals surface area contributed by atoms with Crippen molar-refractivity contribution in [3.05, 3.63) is 155 Å². The molecule has 0 saturated heterocycles. The predicted molar refractivity (Wildman–Crippen MR) is 226 cm³/mol. The van der Waals surface area contributed by atoms with E-state index in [9.17, 15) is 0 Å². The SMILES string of the molecule is C=CC1C(CCc2ccc3c(oc4cc5ccsc5cc43)c2-c2cc(C(C)(C)C)c(-c3c(C)cccc3C)c[n+]2C)c2ccccc2-c2ccc(C)c[n+]21. The molecular formula is C50H48N2OS+2. The number of fused-ring (bicyclic) bond motifs is 7. The first-order valence-corrected chi connectivity index (χ1v) is 20.1. The Morgan fingerprint density at radius 1 is 0.796 bits per heavy atom. The van der Waals surface area contributed by atoms with Crippen LogP contribution in [0.15, 0.2) is 126 Å². The standard InChI is InChI=1S/C50H48N2OS/c1-9-42-37(35-15-10-11-16-36(35)43-22-17-30(2)28-52(42)43)20-18-33-19-21-38-39-26-46-34(23-24-54-46)25-45(39)53-49(38)48(33)44-27-41(50(5,6)7)40(29-51(44)8)47-31(3)13-12-14-32(47)4/h9-17,19,21-29,37,42H,1,18,20H2,2-8H3/q+2. The molecule has 268 valence electrons. The van der Waals surface area contributed by atoms with Crippen molar-refractivity contribution in [2.75, 3.05) is 0 Å². The quantitative estimate of drug-likeness (QED) is 0.124. The van der Waals surface area contributed by atoms with E-state index in [-0.39, 0.29) is 17.4 Å². The molecule has 0 aliphatic carbocycles. The van der Waals surface area contributed by atoms with E-state index in [1.807, 2.05) is 0 Å². The molecule has 0 saturated carbocycles. The Kier molecular flexibility index (Phi) is 8.24. The van der Waals surface area contributed by atoms with Gasteiger partial charge in [0.15, 0.2) is 18.4 Å². The van der Waals surface area contributed by atoms with Crippen LogP contribution in [0.25, 0.3) is 65.7 Å². The Morgan fingerprint density at radius 3 is 2.37 bits per heavy atom. The van der Waals surface area contributed by atoms with Gasteiger partial charge in [-0.05, 0) is 120 Å². The van der Waals surface area contributed by atoms with Gasteiger partial charge < -0.3 is 4.42 Å². The van der Waals surface area contributed by atoms with Gasteiger partial charge in [0.25, 0.3) is 0 Å². The summed E-state index contributed by atoms with van der Waals surface area (Å²) in [5.74, 6) is 0.273. The van der Waals surface area contributed by atoms with Crippen LogP contribution >= 0.6 is 11.3 Å². The van der Waals surface area contributed by atoms with Crippen molar-refractivity contribution in [1.82, 2.24) is 0 Å². The number of aromatic nitrogens is 2. The molecule has 8 aromatic rings. The summed E-state index contributed by atoms with van der Waals surface area (Å²) < 4.78 is 13.1. The number of hydrogen-bond acceptors (Lipinski definition) is 2. The van der Waals surface area contributed by atoms with Gasteiger partial charge in [0.2, 0.25) is 11.4 Å². The molecule has 9 rings (SSSR count). The van der Waals surface area contributed by atoms with Crippen molar-refractivity contribution in [1.29, 1.82) is 0 Å². The molecule has 0 bridgehead atoms. The number of nitrogens with zero attached hydrogens (tertiary/aromatic N) is 2. The Hall–Kier alpha value is -5.32. The Balaban J connectivity index is 1.25. The zero-order valence-corrected chi connectivity index (χ0v) is 33.3. The highest BCUT2D eigenvalue weighted by Gasteiger charge is 2.38. The summed E-state index contributed by atoms with van der Waals surface area (Å²) in [5.41, 5.74) is 17.3. The average Bonchev–Trinajstić information content (AvgIpc) is 3.75. The van der Waals surface area contributed by atoms with Crippen LogP contribution in [-0.4, -0.2) is 0 Å². The van der Waals surface area contributed by atoms with E-state index in [0.29, 0.717) is 0 Å². The van der Waals surface area contributed by atoms with Crippen molar-refractivity contribution in [3.8, 4) is 33.6 Å². The average molecular weight is 725 g/mol. The molecule has 4 heteroatoms. The zero-order valence-electron chi connectivity index (χ0n) is 32.5. The monoisotopic (exact) mass is 724 g/mol. The van der Waals surface area contributed by atoms with Crippen molar-refractivity contribution in [2.45, 2.75) is 71.8 Å². The van der Waals surface area contributed by atoms with Gasteiger partial charge in [-0.1, -0.05) is 75.9 Å². The first-order valence-electron chi connectivity index (χ1n) is 19.2. The van der Waals surface area contributed by atoms with Crippen LogP contribution in [0, 0.1) is 20.8 Å². The second-order valence-electron chi connectivity index (χ2n) is 16.5. The lowest BCUT2D eigenvalue weighted by Gasteiger charge is -2.29. The molecule has 54 heavy (non-hydrogen) atoms. The minimum atomic E-state index is -0.0922. The van der Waals surface area contributed by atoms with Crippen LogP contribution < -0.4 is 9.13 Å². The Labute approximate surface area is 322 Å². The molecule has 3 nitrogen and oxygen atoms in total. The predicted octanol–water partition coefficient (Wildman–Crippen LogP) is 12.6. The second kappa shape index (κ2) is 12.9. The van der Waals surface area contributed by atoms with Gasteiger partial charge in [-0.25, -0.2) is 4.57 Å². The third kappa shape index (κ3) is 5.53. The fourth-order valence-corrected chi connectivity index (χ4v) is 10.0. The number of rotatable bonds is 6. The van der Waals surface area contributed by atoms with Gasteiger partial charge in [0.1, 0.15) is 18.2 Å².